The summed E-state index contributed by atoms with van der Waals surface area (Å²) >= 11 is 1.74. The minimum absolute atomic E-state index is 0.157. The van der Waals surface area contributed by atoms with Gasteiger partial charge in [0.05, 0.1) is 6.10 Å². The van der Waals surface area contributed by atoms with Gasteiger partial charge in [-0.1, -0.05) is 37.5 Å². The van der Waals surface area contributed by atoms with E-state index in [1.54, 1.807) is 11.8 Å². The molecule has 1 N–H and O–H groups in total. The van der Waals surface area contributed by atoms with Crippen LogP contribution in [0.3, 0.4) is 0 Å². The molecule has 0 aromatic heterocycles. The van der Waals surface area contributed by atoms with Gasteiger partial charge < -0.3 is 5.11 Å². The third kappa shape index (κ3) is 5.24. The largest absolute Gasteiger partial charge is 0.392 e. The number of hydrogen-bond acceptors (Lipinski definition) is 2. The quantitative estimate of drug-likeness (QED) is 0.744. The molecule has 2 heteroatoms. The minimum atomic E-state index is -0.157. The van der Waals surface area contributed by atoms with Crippen LogP contribution in [-0.4, -0.2) is 17.0 Å². The summed E-state index contributed by atoms with van der Waals surface area (Å²) in [7, 11) is 0. The summed E-state index contributed by atoms with van der Waals surface area (Å²) in [4.78, 5) is 1.26. The predicted molar refractivity (Wildman–Crippen MR) is 67.4 cm³/mol. The standard InChI is InChI=1S/C13H20OS/c1-3-4-7-12(14)10-15-13-8-5-6-11(2)9-13/h5-6,8-9,12,14H,3-4,7,10H2,1-2H3. The molecule has 1 nitrogen and oxygen atoms in total. The van der Waals surface area contributed by atoms with Crippen molar-refractivity contribution in [2.45, 2.75) is 44.1 Å². The molecule has 0 heterocycles. The van der Waals surface area contributed by atoms with Crippen molar-refractivity contribution in [3.8, 4) is 0 Å². The molecule has 1 aromatic carbocycles. The maximum Gasteiger partial charge on any atom is 0.0634 e. The molecule has 1 rings (SSSR count). The van der Waals surface area contributed by atoms with Gasteiger partial charge in [0.1, 0.15) is 0 Å². The molecular weight excluding hydrogens is 204 g/mol. The number of benzene rings is 1. The van der Waals surface area contributed by atoms with Crippen LogP contribution < -0.4 is 0 Å². The van der Waals surface area contributed by atoms with E-state index < -0.39 is 0 Å². The molecule has 0 saturated heterocycles. The molecule has 1 aromatic rings. The van der Waals surface area contributed by atoms with Crippen molar-refractivity contribution in [1.82, 2.24) is 0 Å². The van der Waals surface area contributed by atoms with Crippen molar-refractivity contribution in [1.29, 1.82) is 0 Å². The first-order chi connectivity index (χ1) is 7.22. The molecule has 0 aliphatic rings. The van der Waals surface area contributed by atoms with E-state index in [1.165, 1.54) is 10.5 Å². The van der Waals surface area contributed by atoms with E-state index in [4.69, 9.17) is 0 Å². The molecule has 1 unspecified atom stereocenters. The number of hydrogen-bond donors (Lipinski definition) is 1. The molecule has 0 saturated carbocycles. The highest BCUT2D eigenvalue weighted by atomic mass is 32.2. The second kappa shape index (κ2) is 6.91. The summed E-state index contributed by atoms with van der Waals surface area (Å²) in [5.74, 6) is 0.809. The minimum Gasteiger partial charge on any atom is -0.392 e. The molecule has 0 amide bonds. The first-order valence-electron chi connectivity index (χ1n) is 5.60. The zero-order valence-corrected chi connectivity index (χ0v) is 10.4. The van der Waals surface area contributed by atoms with E-state index in [0.29, 0.717) is 0 Å². The first-order valence-corrected chi connectivity index (χ1v) is 6.58. The van der Waals surface area contributed by atoms with Gasteiger partial charge in [0, 0.05) is 10.6 Å². The number of aliphatic hydroxyl groups excluding tert-OH is 1. The fraction of sp³-hybridized carbons (Fsp3) is 0.538. The lowest BCUT2D eigenvalue weighted by molar-refractivity contribution is 0.186. The third-order valence-electron chi connectivity index (χ3n) is 2.32. The number of rotatable bonds is 6. The lowest BCUT2D eigenvalue weighted by Gasteiger charge is -2.09. The van der Waals surface area contributed by atoms with Gasteiger partial charge in [0.25, 0.3) is 0 Å². The molecule has 0 fully saturated rings. The Balaban J connectivity index is 2.30. The van der Waals surface area contributed by atoms with Crippen LogP contribution in [0.25, 0.3) is 0 Å². The Kier molecular flexibility index (Phi) is 5.81. The third-order valence-corrected chi connectivity index (χ3v) is 3.46. The summed E-state index contributed by atoms with van der Waals surface area (Å²) in [6.45, 7) is 4.25. The summed E-state index contributed by atoms with van der Waals surface area (Å²) in [6.07, 6.45) is 3.05. The lowest BCUT2D eigenvalue weighted by Crippen LogP contribution is -2.09. The van der Waals surface area contributed by atoms with E-state index in [1.807, 2.05) is 0 Å². The van der Waals surface area contributed by atoms with E-state index in [0.717, 1.165) is 25.0 Å². The number of unbranched alkanes of at least 4 members (excludes halogenated alkanes) is 1. The van der Waals surface area contributed by atoms with Crippen molar-refractivity contribution < 1.29 is 5.11 Å². The second-order valence-corrected chi connectivity index (χ2v) is 5.02. The van der Waals surface area contributed by atoms with Gasteiger partial charge in [-0.25, -0.2) is 0 Å². The molecule has 0 aliphatic heterocycles. The van der Waals surface area contributed by atoms with Crippen LogP contribution in [0.5, 0.6) is 0 Å². The Labute approximate surface area is 96.9 Å². The molecule has 0 bridgehead atoms. The average molecular weight is 224 g/mol. The van der Waals surface area contributed by atoms with E-state index in [2.05, 4.69) is 38.1 Å². The molecule has 0 radical (unpaired) electrons. The highest BCUT2D eigenvalue weighted by Gasteiger charge is 2.04. The highest BCUT2D eigenvalue weighted by molar-refractivity contribution is 7.99. The van der Waals surface area contributed by atoms with Gasteiger partial charge in [-0.3, -0.25) is 0 Å². The van der Waals surface area contributed by atoms with Crippen LogP contribution in [0.15, 0.2) is 29.2 Å². The van der Waals surface area contributed by atoms with Gasteiger partial charge in [-0.2, -0.15) is 0 Å². The van der Waals surface area contributed by atoms with Crippen LogP contribution in [0.1, 0.15) is 31.7 Å². The van der Waals surface area contributed by atoms with E-state index in [9.17, 15) is 5.11 Å². The molecular formula is C13H20OS. The van der Waals surface area contributed by atoms with Crippen molar-refractivity contribution in [3.63, 3.8) is 0 Å². The molecule has 15 heavy (non-hydrogen) atoms. The Morgan fingerprint density at radius 3 is 2.87 bits per heavy atom. The van der Waals surface area contributed by atoms with Crippen LogP contribution in [0.4, 0.5) is 0 Å². The lowest BCUT2D eigenvalue weighted by atomic mass is 10.2. The number of thioether (sulfide) groups is 1. The Hall–Kier alpha value is -0.470. The number of aryl methyl sites for hydroxylation is 1. The van der Waals surface area contributed by atoms with Crippen molar-refractivity contribution in [2.75, 3.05) is 5.75 Å². The summed E-state index contributed by atoms with van der Waals surface area (Å²) in [6, 6.07) is 8.43. The van der Waals surface area contributed by atoms with Gasteiger partial charge in [0.15, 0.2) is 0 Å². The zero-order chi connectivity index (χ0) is 11.1. The van der Waals surface area contributed by atoms with Gasteiger partial charge in [-0.15, -0.1) is 11.8 Å². The predicted octanol–water partition coefficient (Wildman–Crippen LogP) is 3.64. The van der Waals surface area contributed by atoms with Crippen molar-refractivity contribution in [3.05, 3.63) is 29.8 Å². The van der Waals surface area contributed by atoms with Crippen LogP contribution >= 0.6 is 11.8 Å². The fourth-order valence-corrected chi connectivity index (χ4v) is 2.42. The second-order valence-electron chi connectivity index (χ2n) is 3.92. The molecule has 1 atom stereocenters. The van der Waals surface area contributed by atoms with Crippen LogP contribution in [0.2, 0.25) is 0 Å². The smallest absolute Gasteiger partial charge is 0.0634 e. The topological polar surface area (TPSA) is 20.2 Å². The SMILES string of the molecule is CCCCC(O)CSc1cccc(C)c1. The van der Waals surface area contributed by atoms with Crippen LogP contribution in [0, 0.1) is 6.92 Å². The average Bonchev–Trinajstić information content (AvgIpc) is 2.23. The number of aliphatic hydroxyl groups is 1. The Morgan fingerprint density at radius 1 is 1.40 bits per heavy atom. The summed E-state index contributed by atoms with van der Waals surface area (Å²) in [5.41, 5.74) is 1.28. The summed E-state index contributed by atoms with van der Waals surface area (Å²) in [5, 5.41) is 9.69. The molecule has 0 spiro atoms. The Morgan fingerprint density at radius 2 is 2.20 bits per heavy atom. The first kappa shape index (κ1) is 12.6. The molecule has 84 valence electrons. The molecule has 0 aliphatic carbocycles. The zero-order valence-electron chi connectivity index (χ0n) is 9.57. The normalized spacial score (nSPS) is 12.7. The van der Waals surface area contributed by atoms with Gasteiger partial charge >= 0.3 is 0 Å². The fourth-order valence-electron chi connectivity index (χ4n) is 1.42. The van der Waals surface area contributed by atoms with Gasteiger partial charge in [-0.05, 0) is 25.5 Å². The van der Waals surface area contributed by atoms with E-state index in [-0.39, 0.29) is 6.10 Å². The van der Waals surface area contributed by atoms with Gasteiger partial charge in [0.2, 0.25) is 0 Å². The monoisotopic (exact) mass is 224 g/mol. The maximum absolute atomic E-state index is 9.69. The van der Waals surface area contributed by atoms with Crippen molar-refractivity contribution in [2.24, 2.45) is 0 Å². The highest BCUT2D eigenvalue weighted by Crippen LogP contribution is 2.20. The summed E-state index contributed by atoms with van der Waals surface area (Å²) < 4.78 is 0. The van der Waals surface area contributed by atoms with Crippen LogP contribution in [-0.2, 0) is 0 Å². The Bertz CT molecular complexity index is 286. The van der Waals surface area contributed by atoms with E-state index >= 15 is 0 Å². The maximum atomic E-state index is 9.69. The van der Waals surface area contributed by atoms with Crippen molar-refractivity contribution >= 4 is 11.8 Å².